The molecular formula is C18H22BFN2O5S. The molecule has 1 saturated heterocycles. The van der Waals surface area contributed by atoms with Crippen molar-refractivity contribution in [2.24, 2.45) is 0 Å². The summed E-state index contributed by atoms with van der Waals surface area (Å²) in [6.45, 7) is 7.58. The molecule has 1 aromatic carbocycles. The monoisotopic (exact) mass is 408 g/mol. The Kier molecular flexibility index (Phi) is 5.16. The number of hydrogen-bond donors (Lipinski definition) is 1. The van der Waals surface area contributed by atoms with Gasteiger partial charge in [0.05, 0.1) is 24.0 Å². The largest absolute Gasteiger partial charge is 0.496 e. The zero-order valence-corrected chi connectivity index (χ0v) is 17.1. The molecule has 0 saturated carbocycles. The van der Waals surface area contributed by atoms with Gasteiger partial charge in [-0.3, -0.25) is 4.72 Å². The van der Waals surface area contributed by atoms with Gasteiger partial charge < -0.3 is 14.0 Å². The molecule has 1 aliphatic rings. The summed E-state index contributed by atoms with van der Waals surface area (Å²) in [5.74, 6) is -0.652. The highest BCUT2D eigenvalue weighted by molar-refractivity contribution is 7.92. The van der Waals surface area contributed by atoms with Gasteiger partial charge in [-0.05, 0) is 52.0 Å². The van der Waals surface area contributed by atoms with Crippen molar-refractivity contribution in [2.75, 3.05) is 11.8 Å². The van der Waals surface area contributed by atoms with Crippen LogP contribution < -0.4 is 14.9 Å². The van der Waals surface area contributed by atoms with Crippen molar-refractivity contribution in [2.45, 2.75) is 43.8 Å². The molecule has 150 valence electrons. The Morgan fingerprint density at radius 2 is 1.79 bits per heavy atom. The molecule has 1 fully saturated rings. The van der Waals surface area contributed by atoms with E-state index in [0.29, 0.717) is 5.46 Å². The molecule has 1 aromatic heterocycles. The predicted molar refractivity (Wildman–Crippen MR) is 104 cm³/mol. The number of rotatable bonds is 5. The van der Waals surface area contributed by atoms with Crippen LogP contribution in [0.3, 0.4) is 0 Å². The number of benzene rings is 1. The number of nitrogens with zero attached hydrogens (tertiary/aromatic N) is 1. The number of ether oxygens (including phenoxy) is 1. The maximum Gasteiger partial charge on any atom is 0.496 e. The zero-order chi connectivity index (χ0) is 20.7. The van der Waals surface area contributed by atoms with Gasteiger partial charge >= 0.3 is 7.12 Å². The van der Waals surface area contributed by atoms with Crippen LogP contribution in [0.2, 0.25) is 0 Å². The number of aromatic nitrogens is 1. The minimum absolute atomic E-state index is 0.0862. The molecule has 0 radical (unpaired) electrons. The quantitative estimate of drug-likeness (QED) is 0.765. The van der Waals surface area contributed by atoms with E-state index in [1.807, 2.05) is 27.7 Å². The number of nitrogens with one attached hydrogen (secondary N) is 1. The molecule has 2 aromatic rings. The lowest BCUT2D eigenvalue weighted by Crippen LogP contribution is -2.41. The van der Waals surface area contributed by atoms with Crippen molar-refractivity contribution < 1.29 is 26.9 Å². The van der Waals surface area contributed by atoms with Crippen LogP contribution in [0.5, 0.6) is 5.88 Å². The van der Waals surface area contributed by atoms with E-state index < -0.39 is 34.2 Å². The average molecular weight is 408 g/mol. The third kappa shape index (κ3) is 3.85. The van der Waals surface area contributed by atoms with Gasteiger partial charge in [-0.15, -0.1) is 0 Å². The third-order valence-corrected chi connectivity index (χ3v) is 6.30. The van der Waals surface area contributed by atoms with Crippen LogP contribution in [0.1, 0.15) is 27.7 Å². The maximum atomic E-state index is 13.4. The van der Waals surface area contributed by atoms with Crippen molar-refractivity contribution >= 4 is 28.3 Å². The van der Waals surface area contributed by atoms with Gasteiger partial charge in [0.25, 0.3) is 10.0 Å². The third-order valence-electron chi connectivity index (χ3n) is 4.92. The summed E-state index contributed by atoms with van der Waals surface area (Å²) < 4.78 is 58.5. The Balaban J connectivity index is 1.98. The minimum atomic E-state index is -4.10. The Morgan fingerprint density at radius 1 is 1.14 bits per heavy atom. The van der Waals surface area contributed by atoms with Crippen molar-refractivity contribution in [1.29, 1.82) is 0 Å². The van der Waals surface area contributed by atoms with Gasteiger partial charge in [0.2, 0.25) is 5.88 Å². The fraction of sp³-hybridized carbons (Fsp3) is 0.389. The van der Waals surface area contributed by atoms with Crippen LogP contribution in [0.25, 0.3) is 0 Å². The lowest BCUT2D eigenvalue weighted by molar-refractivity contribution is 0.00578. The van der Waals surface area contributed by atoms with E-state index in [1.54, 1.807) is 0 Å². The molecule has 0 unspecified atom stereocenters. The van der Waals surface area contributed by atoms with Crippen molar-refractivity contribution in [3.63, 3.8) is 0 Å². The molecular weight excluding hydrogens is 386 g/mol. The van der Waals surface area contributed by atoms with E-state index in [-0.39, 0.29) is 16.5 Å². The molecule has 7 nitrogen and oxygen atoms in total. The van der Waals surface area contributed by atoms with Gasteiger partial charge in [-0.25, -0.2) is 17.8 Å². The maximum absolute atomic E-state index is 13.4. The topological polar surface area (TPSA) is 86.8 Å². The standard InChI is InChI=1S/C18H22BFN2O5S/c1-17(2)18(3,4)27-19(26-17)12-9-15(16(25-5)21-11-12)28(23,24)22-14-8-6-7-13(20)10-14/h6-11,22H,1-5H3. The van der Waals surface area contributed by atoms with E-state index in [9.17, 15) is 12.8 Å². The molecule has 0 amide bonds. The van der Waals surface area contributed by atoms with Crippen molar-refractivity contribution in [1.82, 2.24) is 4.98 Å². The molecule has 0 aliphatic carbocycles. The molecule has 3 rings (SSSR count). The fourth-order valence-electron chi connectivity index (χ4n) is 2.66. The van der Waals surface area contributed by atoms with Crippen molar-refractivity contribution in [3.8, 4) is 5.88 Å². The number of halogens is 1. The normalized spacial score (nSPS) is 18.1. The van der Waals surface area contributed by atoms with E-state index in [2.05, 4.69) is 9.71 Å². The molecule has 0 bridgehead atoms. The first kappa shape index (κ1) is 20.6. The van der Waals surface area contributed by atoms with Gasteiger partial charge in [0.1, 0.15) is 10.7 Å². The lowest BCUT2D eigenvalue weighted by Gasteiger charge is -2.32. The number of hydrogen-bond acceptors (Lipinski definition) is 6. The summed E-state index contributed by atoms with van der Waals surface area (Å²) in [5.41, 5.74) is -0.658. The minimum Gasteiger partial charge on any atom is -0.480 e. The van der Waals surface area contributed by atoms with Crippen LogP contribution in [-0.4, -0.2) is 38.8 Å². The van der Waals surface area contributed by atoms with E-state index >= 15 is 0 Å². The highest BCUT2D eigenvalue weighted by atomic mass is 32.2. The first-order valence-electron chi connectivity index (χ1n) is 8.63. The lowest BCUT2D eigenvalue weighted by atomic mass is 9.80. The Hall–Kier alpha value is -2.17. The SMILES string of the molecule is COc1ncc(B2OC(C)(C)C(C)(C)O2)cc1S(=O)(=O)Nc1cccc(F)c1. The van der Waals surface area contributed by atoms with E-state index in [0.717, 1.165) is 6.07 Å². The first-order chi connectivity index (χ1) is 12.9. The summed E-state index contributed by atoms with van der Waals surface area (Å²) in [6, 6.07) is 6.53. The number of sulfonamides is 1. The molecule has 0 atom stereocenters. The van der Waals surface area contributed by atoms with Gasteiger partial charge in [0.15, 0.2) is 0 Å². The molecule has 1 N–H and O–H groups in total. The highest BCUT2D eigenvalue weighted by Crippen LogP contribution is 2.36. The fourth-order valence-corrected chi connectivity index (χ4v) is 3.87. The smallest absolute Gasteiger partial charge is 0.480 e. The van der Waals surface area contributed by atoms with Crippen LogP contribution in [0.15, 0.2) is 41.4 Å². The van der Waals surface area contributed by atoms with Crippen LogP contribution in [0, 0.1) is 5.82 Å². The number of anilines is 1. The van der Waals surface area contributed by atoms with Gasteiger partial charge in [-0.2, -0.15) is 0 Å². The summed E-state index contributed by atoms with van der Waals surface area (Å²) in [5, 5.41) is 0. The highest BCUT2D eigenvalue weighted by Gasteiger charge is 2.52. The van der Waals surface area contributed by atoms with E-state index in [4.69, 9.17) is 14.0 Å². The van der Waals surface area contributed by atoms with Crippen LogP contribution >= 0.6 is 0 Å². The van der Waals surface area contributed by atoms with Crippen LogP contribution in [0.4, 0.5) is 10.1 Å². The molecule has 28 heavy (non-hydrogen) atoms. The Morgan fingerprint density at radius 3 is 2.36 bits per heavy atom. The Labute approximate surface area is 164 Å². The van der Waals surface area contributed by atoms with Gasteiger partial charge in [-0.1, -0.05) is 6.07 Å². The van der Waals surface area contributed by atoms with Crippen LogP contribution in [-0.2, 0) is 19.3 Å². The second-order valence-corrected chi connectivity index (χ2v) is 9.13. The zero-order valence-electron chi connectivity index (χ0n) is 16.3. The van der Waals surface area contributed by atoms with E-state index in [1.165, 1.54) is 37.6 Å². The van der Waals surface area contributed by atoms with Crippen molar-refractivity contribution in [3.05, 3.63) is 42.3 Å². The molecule has 2 heterocycles. The first-order valence-corrected chi connectivity index (χ1v) is 10.1. The number of pyridine rings is 1. The summed E-state index contributed by atoms with van der Waals surface area (Å²) >= 11 is 0. The van der Waals surface area contributed by atoms with Gasteiger partial charge in [0, 0.05) is 11.7 Å². The molecule has 10 heteroatoms. The molecule has 0 spiro atoms. The Bertz CT molecular complexity index is 981. The summed E-state index contributed by atoms with van der Waals surface area (Å²) in [4.78, 5) is 3.88. The predicted octanol–water partition coefficient (Wildman–Crippen LogP) is 2.33. The molecule has 1 aliphatic heterocycles. The summed E-state index contributed by atoms with van der Waals surface area (Å²) in [7, 11) is -3.57. The second-order valence-electron chi connectivity index (χ2n) is 7.48. The average Bonchev–Trinajstić information content (AvgIpc) is 2.81. The summed E-state index contributed by atoms with van der Waals surface area (Å²) in [6.07, 6.45) is 1.45. The second kappa shape index (κ2) is 7.02. The number of methoxy groups -OCH3 is 1.